The molecular formula is C22H26N2O3. The standard InChI is InChI=1S/C22H26N2O3/c1-15-8-10-16(11-9-15)20(21(25)23-17-5-2-3-6-17)24(18-12-13-18)22(26)19-7-4-14-27-19/h4,7-11,14,17-18,20H,2-3,5-6,12-13H2,1H3,(H,23,25)/t20-/m0/s1. The Kier molecular flexibility index (Phi) is 5.01. The summed E-state index contributed by atoms with van der Waals surface area (Å²) in [5, 5.41) is 3.19. The van der Waals surface area contributed by atoms with Crippen molar-refractivity contribution in [3.8, 4) is 0 Å². The summed E-state index contributed by atoms with van der Waals surface area (Å²) in [6.45, 7) is 2.02. The van der Waals surface area contributed by atoms with E-state index < -0.39 is 6.04 Å². The van der Waals surface area contributed by atoms with Gasteiger partial charge in [0.25, 0.3) is 5.91 Å². The molecule has 5 heteroatoms. The fourth-order valence-electron chi connectivity index (χ4n) is 3.91. The third-order valence-corrected chi connectivity index (χ3v) is 5.53. The summed E-state index contributed by atoms with van der Waals surface area (Å²) in [6, 6.07) is 10.9. The van der Waals surface area contributed by atoms with Crippen LogP contribution in [0.2, 0.25) is 0 Å². The molecule has 5 nitrogen and oxygen atoms in total. The molecule has 2 fully saturated rings. The minimum Gasteiger partial charge on any atom is -0.459 e. The largest absolute Gasteiger partial charge is 0.459 e. The number of aryl methyl sites for hydroxylation is 1. The van der Waals surface area contributed by atoms with Crippen molar-refractivity contribution in [2.45, 2.75) is 63.6 Å². The molecule has 0 radical (unpaired) electrons. The summed E-state index contributed by atoms with van der Waals surface area (Å²) in [4.78, 5) is 28.2. The van der Waals surface area contributed by atoms with E-state index in [1.165, 1.54) is 6.26 Å². The molecule has 0 bridgehead atoms. The second-order valence-electron chi connectivity index (χ2n) is 7.72. The lowest BCUT2D eigenvalue weighted by Gasteiger charge is -2.32. The van der Waals surface area contributed by atoms with Crippen LogP contribution >= 0.6 is 0 Å². The topological polar surface area (TPSA) is 62.6 Å². The Morgan fingerprint density at radius 1 is 1.07 bits per heavy atom. The number of rotatable bonds is 6. The lowest BCUT2D eigenvalue weighted by Crippen LogP contribution is -2.47. The van der Waals surface area contributed by atoms with Crippen molar-refractivity contribution in [2.75, 3.05) is 0 Å². The second kappa shape index (κ2) is 7.59. The number of carbonyl (C=O) groups is 2. The molecule has 2 aliphatic rings. The van der Waals surface area contributed by atoms with E-state index in [1.807, 2.05) is 31.2 Å². The SMILES string of the molecule is Cc1ccc([C@@H](C(=O)NC2CCCC2)N(C(=O)c2ccco2)C2CC2)cc1. The van der Waals surface area contributed by atoms with Gasteiger partial charge in [0.05, 0.1) is 6.26 Å². The Balaban J connectivity index is 1.67. The summed E-state index contributed by atoms with van der Waals surface area (Å²) < 4.78 is 5.35. The van der Waals surface area contributed by atoms with Crippen molar-refractivity contribution in [1.29, 1.82) is 0 Å². The number of carbonyl (C=O) groups excluding carboxylic acids is 2. The number of hydrogen-bond donors (Lipinski definition) is 1. The predicted octanol–water partition coefficient (Wildman–Crippen LogP) is 3.99. The molecule has 0 spiro atoms. The minimum absolute atomic E-state index is 0.0856. The number of furan rings is 1. The summed E-state index contributed by atoms with van der Waals surface area (Å²) in [6.07, 6.45) is 7.67. The molecule has 2 aromatic rings. The van der Waals surface area contributed by atoms with Gasteiger partial charge in [-0.2, -0.15) is 0 Å². The van der Waals surface area contributed by atoms with E-state index in [9.17, 15) is 9.59 Å². The predicted molar refractivity (Wildman–Crippen MR) is 102 cm³/mol. The van der Waals surface area contributed by atoms with Gasteiger partial charge in [-0.25, -0.2) is 0 Å². The van der Waals surface area contributed by atoms with Crippen molar-refractivity contribution >= 4 is 11.8 Å². The molecule has 4 rings (SSSR count). The molecule has 2 saturated carbocycles. The molecular weight excluding hydrogens is 340 g/mol. The van der Waals surface area contributed by atoms with E-state index in [4.69, 9.17) is 4.42 Å². The molecule has 142 valence electrons. The van der Waals surface area contributed by atoms with Gasteiger partial charge < -0.3 is 14.6 Å². The summed E-state index contributed by atoms with van der Waals surface area (Å²) in [5.74, 6) is -0.0140. The van der Waals surface area contributed by atoms with Crippen molar-refractivity contribution < 1.29 is 14.0 Å². The van der Waals surface area contributed by atoms with Crippen LogP contribution in [0.15, 0.2) is 47.1 Å². The van der Waals surface area contributed by atoms with Crippen molar-refractivity contribution in [2.24, 2.45) is 0 Å². The van der Waals surface area contributed by atoms with E-state index in [-0.39, 0.29) is 29.7 Å². The quantitative estimate of drug-likeness (QED) is 0.841. The summed E-state index contributed by atoms with van der Waals surface area (Å²) in [5.41, 5.74) is 1.98. The van der Waals surface area contributed by atoms with E-state index in [1.54, 1.807) is 17.0 Å². The lowest BCUT2D eigenvalue weighted by molar-refractivity contribution is -0.126. The second-order valence-corrected chi connectivity index (χ2v) is 7.72. The number of amides is 2. The highest BCUT2D eigenvalue weighted by molar-refractivity contribution is 5.96. The minimum atomic E-state index is -0.628. The molecule has 1 aromatic carbocycles. The normalized spacial score (nSPS) is 18.3. The van der Waals surface area contributed by atoms with Gasteiger partial charge in [-0.3, -0.25) is 9.59 Å². The smallest absolute Gasteiger partial charge is 0.290 e. The van der Waals surface area contributed by atoms with Gasteiger partial charge in [0.15, 0.2) is 5.76 Å². The molecule has 0 unspecified atom stereocenters. The molecule has 1 atom stereocenters. The van der Waals surface area contributed by atoms with E-state index in [0.717, 1.165) is 49.7 Å². The number of hydrogen-bond acceptors (Lipinski definition) is 3. The van der Waals surface area contributed by atoms with Crippen LogP contribution in [0.25, 0.3) is 0 Å². The molecule has 2 aliphatic carbocycles. The first-order valence-electron chi connectivity index (χ1n) is 9.86. The van der Waals surface area contributed by atoms with Crippen LogP contribution in [-0.2, 0) is 4.79 Å². The zero-order valence-electron chi connectivity index (χ0n) is 15.7. The molecule has 27 heavy (non-hydrogen) atoms. The van der Waals surface area contributed by atoms with Gasteiger partial charge >= 0.3 is 0 Å². The van der Waals surface area contributed by atoms with Gasteiger partial charge in [0.2, 0.25) is 5.91 Å². The number of nitrogens with one attached hydrogen (secondary N) is 1. The highest BCUT2D eigenvalue weighted by atomic mass is 16.3. The van der Waals surface area contributed by atoms with Crippen LogP contribution in [0.3, 0.4) is 0 Å². The van der Waals surface area contributed by atoms with Crippen LogP contribution in [0.4, 0.5) is 0 Å². The first-order chi connectivity index (χ1) is 13.1. The molecule has 0 saturated heterocycles. The highest BCUT2D eigenvalue weighted by Crippen LogP contribution is 2.36. The van der Waals surface area contributed by atoms with E-state index in [2.05, 4.69) is 5.32 Å². The highest BCUT2D eigenvalue weighted by Gasteiger charge is 2.42. The monoisotopic (exact) mass is 366 g/mol. The van der Waals surface area contributed by atoms with Gasteiger partial charge in [-0.05, 0) is 50.3 Å². The Morgan fingerprint density at radius 2 is 1.78 bits per heavy atom. The molecule has 0 aliphatic heterocycles. The van der Waals surface area contributed by atoms with Crippen LogP contribution in [-0.4, -0.2) is 28.8 Å². The molecule has 1 N–H and O–H groups in total. The van der Waals surface area contributed by atoms with E-state index >= 15 is 0 Å². The fraction of sp³-hybridized carbons (Fsp3) is 0.455. The molecule has 1 heterocycles. The first kappa shape index (κ1) is 17.8. The molecule has 2 amide bonds. The fourth-order valence-corrected chi connectivity index (χ4v) is 3.91. The number of nitrogens with zero attached hydrogens (tertiary/aromatic N) is 1. The third-order valence-electron chi connectivity index (χ3n) is 5.53. The van der Waals surface area contributed by atoms with Gasteiger partial charge in [0.1, 0.15) is 6.04 Å². The Bertz CT molecular complexity index is 787. The summed E-state index contributed by atoms with van der Waals surface area (Å²) >= 11 is 0. The van der Waals surface area contributed by atoms with Gasteiger partial charge in [-0.1, -0.05) is 42.7 Å². The van der Waals surface area contributed by atoms with E-state index in [0.29, 0.717) is 0 Å². The Hall–Kier alpha value is -2.56. The Morgan fingerprint density at radius 3 is 2.37 bits per heavy atom. The first-order valence-corrected chi connectivity index (χ1v) is 9.86. The number of benzene rings is 1. The summed E-state index contributed by atoms with van der Waals surface area (Å²) in [7, 11) is 0. The van der Waals surface area contributed by atoms with Crippen molar-refractivity contribution in [1.82, 2.24) is 10.2 Å². The maximum absolute atomic E-state index is 13.3. The Labute approximate surface area is 159 Å². The van der Waals surface area contributed by atoms with Crippen molar-refractivity contribution in [3.63, 3.8) is 0 Å². The van der Waals surface area contributed by atoms with Crippen LogP contribution in [0, 0.1) is 6.92 Å². The maximum atomic E-state index is 13.3. The zero-order chi connectivity index (χ0) is 18.8. The maximum Gasteiger partial charge on any atom is 0.290 e. The van der Waals surface area contributed by atoms with Crippen molar-refractivity contribution in [3.05, 3.63) is 59.5 Å². The molecule has 1 aromatic heterocycles. The van der Waals surface area contributed by atoms with Gasteiger partial charge in [-0.15, -0.1) is 0 Å². The van der Waals surface area contributed by atoms with Gasteiger partial charge in [0, 0.05) is 12.1 Å². The van der Waals surface area contributed by atoms with Crippen LogP contribution in [0.1, 0.15) is 66.2 Å². The van der Waals surface area contributed by atoms with Crippen LogP contribution < -0.4 is 5.32 Å². The van der Waals surface area contributed by atoms with Crippen LogP contribution in [0.5, 0.6) is 0 Å². The average molecular weight is 366 g/mol. The lowest BCUT2D eigenvalue weighted by atomic mass is 10.0. The zero-order valence-corrected chi connectivity index (χ0v) is 15.7. The third kappa shape index (κ3) is 3.92. The average Bonchev–Trinajstić information content (AvgIpc) is 3.11.